The maximum atomic E-state index is 12.7. The van der Waals surface area contributed by atoms with Crippen LogP contribution in [0.2, 0.25) is 0 Å². The lowest BCUT2D eigenvalue weighted by Gasteiger charge is -2.16. The average molecular weight is 378 g/mol. The highest BCUT2D eigenvalue weighted by Crippen LogP contribution is 2.26. The Morgan fingerprint density at radius 2 is 2.00 bits per heavy atom. The fraction of sp³-hybridized carbons (Fsp3) is 0.263. The second kappa shape index (κ2) is 7.55. The van der Waals surface area contributed by atoms with E-state index in [1.54, 1.807) is 29.4 Å². The van der Waals surface area contributed by atoms with Crippen molar-refractivity contribution in [2.45, 2.75) is 12.3 Å². The van der Waals surface area contributed by atoms with Crippen LogP contribution in [0.1, 0.15) is 28.5 Å². The molecule has 0 unspecified atom stereocenters. The van der Waals surface area contributed by atoms with E-state index < -0.39 is 0 Å². The van der Waals surface area contributed by atoms with Gasteiger partial charge in [-0.3, -0.25) is 14.6 Å². The van der Waals surface area contributed by atoms with Crippen molar-refractivity contribution in [3.63, 3.8) is 0 Å². The Bertz CT molecular complexity index is 1040. The van der Waals surface area contributed by atoms with Crippen LogP contribution < -0.4 is 10.3 Å². The Kier molecular flexibility index (Phi) is 4.79. The predicted octanol–water partition coefficient (Wildman–Crippen LogP) is 1.26. The molecule has 0 aromatic carbocycles. The van der Waals surface area contributed by atoms with Crippen molar-refractivity contribution < 1.29 is 9.53 Å². The molecule has 1 N–H and O–H groups in total. The van der Waals surface area contributed by atoms with Crippen molar-refractivity contribution in [1.29, 1.82) is 0 Å². The van der Waals surface area contributed by atoms with E-state index in [2.05, 4.69) is 24.9 Å². The Labute approximate surface area is 160 Å². The molecular weight excluding hydrogens is 360 g/mol. The van der Waals surface area contributed by atoms with Gasteiger partial charge in [-0.25, -0.2) is 15.0 Å². The highest BCUT2D eigenvalue weighted by Gasteiger charge is 2.30. The molecule has 0 aliphatic carbocycles. The number of methoxy groups -OCH3 is 1. The molecule has 1 aliphatic rings. The largest absolute Gasteiger partial charge is 0.467 e. The molecular formula is C19H18N6O3. The number of carbonyl (C=O) groups excluding carboxylic acids is 1. The minimum Gasteiger partial charge on any atom is -0.467 e. The third kappa shape index (κ3) is 3.59. The molecule has 3 aromatic heterocycles. The van der Waals surface area contributed by atoms with E-state index in [0.717, 1.165) is 5.56 Å². The lowest BCUT2D eigenvalue weighted by atomic mass is 10.1. The van der Waals surface area contributed by atoms with Crippen LogP contribution in [0.3, 0.4) is 0 Å². The molecule has 28 heavy (non-hydrogen) atoms. The first kappa shape index (κ1) is 17.8. The van der Waals surface area contributed by atoms with Crippen molar-refractivity contribution in [1.82, 2.24) is 29.8 Å². The molecule has 9 nitrogen and oxygen atoms in total. The van der Waals surface area contributed by atoms with Gasteiger partial charge in [0.05, 0.1) is 18.4 Å². The number of likely N-dealkylation sites (tertiary alicyclic amines) is 1. The fourth-order valence-corrected chi connectivity index (χ4v) is 3.22. The van der Waals surface area contributed by atoms with Crippen molar-refractivity contribution in [3.05, 3.63) is 64.7 Å². The summed E-state index contributed by atoms with van der Waals surface area (Å²) >= 11 is 0. The van der Waals surface area contributed by atoms with E-state index in [9.17, 15) is 9.59 Å². The van der Waals surface area contributed by atoms with Crippen LogP contribution in [0.15, 0.2) is 47.8 Å². The second-order valence-corrected chi connectivity index (χ2v) is 6.45. The van der Waals surface area contributed by atoms with E-state index >= 15 is 0 Å². The normalized spacial score (nSPS) is 16.2. The number of hydrogen-bond donors (Lipinski definition) is 1. The molecule has 1 fully saturated rings. The number of nitrogens with zero attached hydrogens (tertiary/aromatic N) is 5. The van der Waals surface area contributed by atoms with Gasteiger partial charge in [0.25, 0.3) is 11.5 Å². The molecule has 1 amide bonds. The smallest absolute Gasteiger partial charge is 0.316 e. The molecule has 9 heteroatoms. The van der Waals surface area contributed by atoms with Gasteiger partial charge in [-0.2, -0.15) is 0 Å². The van der Waals surface area contributed by atoms with Crippen LogP contribution in [0.5, 0.6) is 6.01 Å². The molecule has 4 heterocycles. The summed E-state index contributed by atoms with van der Waals surface area (Å²) in [5.41, 5.74) is 1.59. The Morgan fingerprint density at radius 3 is 2.71 bits per heavy atom. The zero-order chi connectivity index (χ0) is 19.5. The lowest BCUT2D eigenvalue weighted by Crippen LogP contribution is -2.29. The van der Waals surface area contributed by atoms with Gasteiger partial charge in [0.15, 0.2) is 0 Å². The van der Waals surface area contributed by atoms with Gasteiger partial charge in [-0.1, -0.05) is 0 Å². The van der Waals surface area contributed by atoms with Crippen LogP contribution in [-0.4, -0.2) is 55.9 Å². The third-order valence-corrected chi connectivity index (χ3v) is 4.66. The van der Waals surface area contributed by atoms with Crippen molar-refractivity contribution in [2.75, 3.05) is 20.2 Å². The maximum absolute atomic E-state index is 12.7. The topological polar surface area (TPSA) is 114 Å². The first-order valence-corrected chi connectivity index (χ1v) is 8.81. The van der Waals surface area contributed by atoms with Crippen LogP contribution in [0, 0.1) is 0 Å². The summed E-state index contributed by atoms with van der Waals surface area (Å²) in [6, 6.07) is 5.29. The number of amides is 1. The Balaban J connectivity index is 1.53. The number of aromatic amines is 1. The second-order valence-electron chi connectivity index (χ2n) is 6.45. The van der Waals surface area contributed by atoms with Crippen LogP contribution in [0.25, 0.3) is 11.3 Å². The minimum atomic E-state index is -0.217. The molecule has 0 spiro atoms. The molecule has 1 atom stereocenters. The molecule has 0 bridgehead atoms. The zero-order valence-corrected chi connectivity index (χ0v) is 15.2. The number of nitrogens with one attached hydrogen (secondary N) is 1. The van der Waals surface area contributed by atoms with E-state index in [0.29, 0.717) is 36.6 Å². The van der Waals surface area contributed by atoms with Gasteiger partial charge in [0.2, 0.25) is 0 Å². The Hall–Kier alpha value is -3.62. The summed E-state index contributed by atoms with van der Waals surface area (Å²) in [5.74, 6) is 0.385. The van der Waals surface area contributed by atoms with Gasteiger partial charge in [0, 0.05) is 55.4 Å². The highest BCUT2D eigenvalue weighted by atomic mass is 16.5. The van der Waals surface area contributed by atoms with E-state index in [-0.39, 0.29) is 23.4 Å². The van der Waals surface area contributed by atoms with Crippen LogP contribution in [-0.2, 0) is 0 Å². The lowest BCUT2D eigenvalue weighted by molar-refractivity contribution is 0.0789. The molecule has 0 saturated carbocycles. The summed E-state index contributed by atoms with van der Waals surface area (Å²) < 4.78 is 4.92. The summed E-state index contributed by atoms with van der Waals surface area (Å²) in [5, 5.41) is 0. The van der Waals surface area contributed by atoms with E-state index in [1.807, 2.05) is 0 Å². The quantitative estimate of drug-likeness (QED) is 0.727. The monoisotopic (exact) mass is 378 g/mol. The van der Waals surface area contributed by atoms with E-state index in [1.165, 1.54) is 25.6 Å². The molecule has 1 saturated heterocycles. The van der Waals surface area contributed by atoms with Gasteiger partial charge in [0.1, 0.15) is 5.82 Å². The van der Waals surface area contributed by atoms with Gasteiger partial charge in [-0.15, -0.1) is 0 Å². The number of aromatic nitrogens is 5. The van der Waals surface area contributed by atoms with Crippen molar-refractivity contribution >= 4 is 5.91 Å². The average Bonchev–Trinajstić information content (AvgIpc) is 3.24. The van der Waals surface area contributed by atoms with Crippen LogP contribution >= 0.6 is 0 Å². The molecule has 1 aliphatic heterocycles. The molecule has 3 aromatic rings. The standard InChI is InChI=1S/C19H18N6O3/c1-28-19-21-9-14(10-22-19)18(27)25-7-4-13(11-25)17-23-15(8-16(26)24-17)12-2-5-20-6-3-12/h2-3,5-6,8-10,13H,4,7,11H2,1H3,(H,23,24,26)/t13-/m0/s1. The summed E-state index contributed by atoms with van der Waals surface area (Å²) in [6.07, 6.45) is 6.93. The molecule has 4 rings (SSSR count). The van der Waals surface area contributed by atoms with Crippen molar-refractivity contribution in [3.8, 4) is 17.3 Å². The SMILES string of the molecule is COc1ncc(C(=O)N2CC[C@H](c3nc(-c4ccncc4)cc(=O)[nH]3)C2)cn1. The maximum Gasteiger partial charge on any atom is 0.316 e. The number of pyridine rings is 1. The van der Waals surface area contributed by atoms with Gasteiger partial charge in [-0.05, 0) is 18.6 Å². The molecule has 0 radical (unpaired) electrons. The number of hydrogen-bond acceptors (Lipinski definition) is 7. The van der Waals surface area contributed by atoms with E-state index in [4.69, 9.17) is 4.74 Å². The predicted molar refractivity (Wildman–Crippen MR) is 99.9 cm³/mol. The summed E-state index contributed by atoms with van der Waals surface area (Å²) in [7, 11) is 1.47. The number of carbonyl (C=O) groups is 1. The van der Waals surface area contributed by atoms with Crippen LogP contribution in [0.4, 0.5) is 0 Å². The third-order valence-electron chi connectivity index (χ3n) is 4.66. The number of ether oxygens (including phenoxy) is 1. The fourth-order valence-electron chi connectivity index (χ4n) is 3.22. The first-order chi connectivity index (χ1) is 13.6. The molecule has 142 valence electrons. The Morgan fingerprint density at radius 1 is 1.25 bits per heavy atom. The van der Waals surface area contributed by atoms with Gasteiger partial charge < -0.3 is 14.6 Å². The first-order valence-electron chi connectivity index (χ1n) is 8.81. The van der Waals surface area contributed by atoms with Crippen molar-refractivity contribution in [2.24, 2.45) is 0 Å². The summed E-state index contributed by atoms with van der Waals surface area (Å²) in [6.45, 7) is 1.03. The minimum absolute atomic E-state index is 0.0439. The number of H-pyrrole nitrogens is 1. The zero-order valence-electron chi connectivity index (χ0n) is 15.2. The number of rotatable bonds is 4. The summed E-state index contributed by atoms with van der Waals surface area (Å²) in [4.78, 5) is 45.9. The van der Waals surface area contributed by atoms with Gasteiger partial charge >= 0.3 is 6.01 Å². The highest BCUT2D eigenvalue weighted by molar-refractivity contribution is 5.93.